The highest BCUT2D eigenvalue weighted by Gasteiger charge is 2.13. The number of amides is 1. The van der Waals surface area contributed by atoms with Crippen LogP contribution < -0.4 is 14.8 Å². The zero-order chi connectivity index (χ0) is 22.2. The molecule has 3 rings (SSSR count). The van der Waals surface area contributed by atoms with Gasteiger partial charge in [-0.25, -0.2) is 9.48 Å². The van der Waals surface area contributed by atoms with Crippen molar-refractivity contribution < 1.29 is 23.8 Å². The van der Waals surface area contributed by atoms with Crippen molar-refractivity contribution >= 4 is 17.6 Å². The van der Waals surface area contributed by atoms with Gasteiger partial charge in [-0.2, -0.15) is 5.10 Å². The normalized spacial score (nSPS) is 10.4. The Hall–Kier alpha value is -3.81. The molecule has 8 nitrogen and oxygen atoms in total. The first-order chi connectivity index (χ1) is 15.0. The summed E-state index contributed by atoms with van der Waals surface area (Å²) in [6.07, 6.45) is 1.71. The van der Waals surface area contributed by atoms with E-state index in [1.165, 1.54) is 0 Å². The third kappa shape index (κ3) is 5.63. The number of carbonyl (C=O) groups excluding carboxylic acids is 2. The Bertz CT molecular complexity index is 1040. The summed E-state index contributed by atoms with van der Waals surface area (Å²) in [6.45, 7) is 6.25. The quantitative estimate of drug-likeness (QED) is 0.527. The number of benzene rings is 2. The summed E-state index contributed by atoms with van der Waals surface area (Å²) in [5.41, 5.74) is 2.68. The smallest absolute Gasteiger partial charge is 0.338 e. The van der Waals surface area contributed by atoms with E-state index in [1.807, 2.05) is 26.8 Å². The molecule has 0 saturated carbocycles. The number of aryl methyl sites for hydroxylation is 1. The maximum absolute atomic E-state index is 12.3. The van der Waals surface area contributed by atoms with Gasteiger partial charge in [0, 0.05) is 23.6 Å². The lowest BCUT2D eigenvalue weighted by atomic mass is 10.2. The van der Waals surface area contributed by atoms with Gasteiger partial charge < -0.3 is 19.5 Å². The van der Waals surface area contributed by atoms with Crippen molar-refractivity contribution in [2.24, 2.45) is 0 Å². The van der Waals surface area contributed by atoms with Crippen molar-refractivity contribution in [2.75, 3.05) is 25.1 Å². The van der Waals surface area contributed by atoms with Crippen molar-refractivity contribution in [1.82, 2.24) is 9.78 Å². The van der Waals surface area contributed by atoms with Crippen LogP contribution in [-0.4, -0.2) is 41.5 Å². The number of rotatable bonds is 9. The van der Waals surface area contributed by atoms with Gasteiger partial charge in [0.1, 0.15) is 0 Å². The van der Waals surface area contributed by atoms with Crippen LogP contribution in [0.25, 0.3) is 5.69 Å². The fourth-order valence-electron chi connectivity index (χ4n) is 2.92. The lowest BCUT2D eigenvalue weighted by Crippen LogP contribution is -2.21. The first kappa shape index (κ1) is 21.9. The molecular weight excluding hydrogens is 398 g/mol. The molecule has 0 unspecified atom stereocenters. The number of ether oxygens (including phenoxy) is 3. The zero-order valence-electron chi connectivity index (χ0n) is 17.8. The second kappa shape index (κ2) is 10.3. The second-order valence-corrected chi connectivity index (χ2v) is 6.58. The monoisotopic (exact) mass is 423 g/mol. The van der Waals surface area contributed by atoms with Gasteiger partial charge in [0.2, 0.25) is 0 Å². The Morgan fingerprint density at radius 1 is 0.968 bits per heavy atom. The largest absolute Gasteiger partial charge is 0.490 e. The molecule has 1 N–H and O–H groups in total. The number of anilines is 1. The summed E-state index contributed by atoms with van der Waals surface area (Å²) in [4.78, 5) is 24.5. The van der Waals surface area contributed by atoms with E-state index in [2.05, 4.69) is 10.4 Å². The van der Waals surface area contributed by atoms with Crippen molar-refractivity contribution in [2.45, 2.75) is 20.8 Å². The van der Waals surface area contributed by atoms with E-state index < -0.39 is 18.5 Å². The zero-order valence-corrected chi connectivity index (χ0v) is 17.8. The molecule has 0 aliphatic heterocycles. The first-order valence-corrected chi connectivity index (χ1v) is 9.99. The Labute approximate surface area is 180 Å². The second-order valence-electron chi connectivity index (χ2n) is 6.58. The molecule has 0 spiro atoms. The van der Waals surface area contributed by atoms with E-state index in [9.17, 15) is 9.59 Å². The van der Waals surface area contributed by atoms with Gasteiger partial charge in [0.05, 0.1) is 24.5 Å². The molecule has 0 radical (unpaired) electrons. The van der Waals surface area contributed by atoms with Gasteiger partial charge in [-0.3, -0.25) is 4.79 Å². The van der Waals surface area contributed by atoms with E-state index in [0.29, 0.717) is 36.0 Å². The van der Waals surface area contributed by atoms with Gasteiger partial charge in [-0.1, -0.05) is 0 Å². The van der Waals surface area contributed by atoms with Gasteiger partial charge in [-0.15, -0.1) is 0 Å². The molecule has 0 aliphatic carbocycles. The van der Waals surface area contributed by atoms with Crippen LogP contribution in [0.3, 0.4) is 0 Å². The molecule has 0 fully saturated rings. The van der Waals surface area contributed by atoms with E-state index in [-0.39, 0.29) is 0 Å². The fraction of sp³-hybridized carbons (Fsp3) is 0.261. The third-order valence-electron chi connectivity index (χ3n) is 4.34. The Morgan fingerprint density at radius 2 is 1.68 bits per heavy atom. The average molecular weight is 423 g/mol. The number of nitrogens with zero attached hydrogens (tertiary/aromatic N) is 2. The van der Waals surface area contributed by atoms with Crippen LogP contribution in [0.5, 0.6) is 11.5 Å². The molecule has 162 valence electrons. The Morgan fingerprint density at radius 3 is 2.32 bits per heavy atom. The van der Waals surface area contributed by atoms with Crippen LogP contribution in [0.15, 0.2) is 54.7 Å². The lowest BCUT2D eigenvalue weighted by molar-refractivity contribution is -0.119. The summed E-state index contributed by atoms with van der Waals surface area (Å²) >= 11 is 0. The van der Waals surface area contributed by atoms with Crippen LogP contribution in [0.2, 0.25) is 0 Å². The van der Waals surface area contributed by atoms with Gasteiger partial charge in [0.15, 0.2) is 18.1 Å². The molecular formula is C23H25N3O5. The summed E-state index contributed by atoms with van der Waals surface area (Å²) in [7, 11) is 0. The molecule has 2 aromatic carbocycles. The Balaban J connectivity index is 1.56. The van der Waals surface area contributed by atoms with E-state index in [4.69, 9.17) is 14.2 Å². The topological polar surface area (TPSA) is 91.7 Å². The number of carbonyl (C=O) groups is 2. The van der Waals surface area contributed by atoms with Crippen LogP contribution >= 0.6 is 0 Å². The van der Waals surface area contributed by atoms with Gasteiger partial charge in [0.25, 0.3) is 5.91 Å². The number of hydrogen-bond donors (Lipinski definition) is 1. The van der Waals surface area contributed by atoms with E-state index >= 15 is 0 Å². The molecule has 31 heavy (non-hydrogen) atoms. The summed E-state index contributed by atoms with van der Waals surface area (Å²) in [5, 5.41) is 6.91. The highest BCUT2D eigenvalue weighted by molar-refractivity contribution is 5.95. The predicted molar refractivity (Wildman–Crippen MR) is 116 cm³/mol. The van der Waals surface area contributed by atoms with Crippen LogP contribution in [0.1, 0.15) is 29.9 Å². The van der Waals surface area contributed by atoms with Crippen molar-refractivity contribution in [1.29, 1.82) is 0 Å². The highest BCUT2D eigenvalue weighted by atomic mass is 16.5. The molecule has 0 atom stereocenters. The maximum atomic E-state index is 12.3. The minimum Gasteiger partial charge on any atom is -0.490 e. The lowest BCUT2D eigenvalue weighted by Gasteiger charge is -2.13. The molecule has 0 saturated heterocycles. The number of nitrogens with one attached hydrogen (secondary N) is 1. The molecule has 3 aromatic rings. The van der Waals surface area contributed by atoms with E-state index in [1.54, 1.807) is 53.3 Å². The number of hydrogen-bond acceptors (Lipinski definition) is 6. The first-order valence-electron chi connectivity index (χ1n) is 9.99. The molecule has 1 aromatic heterocycles. The van der Waals surface area contributed by atoms with Crippen LogP contribution in [-0.2, 0) is 9.53 Å². The number of aromatic nitrogens is 2. The van der Waals surface area contributed by atoms with Crippen molar-refractivity contribution in [3.05, 3.63) is 66.0 Å². The molecule has 0 bridgehead atoms. The average Bonchev–Trinajstić information content (AvgIpc) is 3.20. The molecule has 0 aliphatic rings. The minimum absolute atomic E-state index is 0.348. The van der Waals surface area contributed by atoms with E-state index in [0.717, 1.165) is 11.4 Å². The predicted octanol–water partition coefficient (Wildman–Crippen LogP) is 3.77. The summed E-state index contributed by atoms with van der Waals surface area (Å²) in [5.74, 6) is 0.0958. The van der Waals surface area contributed by atoms with Crippen molar-refractivity contribution in [3.8, 4) is 17.2 Å². The number of esters is 1. The van der Waals surface area contributed by atoms with Gasteiger partial charge in [-0.05, 0) is 63.2 Å². The highest BCUT2D eigenvalue weighted by Crippen LogP contribution is 2.30. The SMILES string of the molecule is CCOc1ccc(NC(=O)COC(=O)c2ccc(-n3nccc3C)cc2)cc1OCC. The summed E-state index contributed by atoms with van der Waals surface area (Å²) in [6, 6.07) is 13.8. The third-order valence-corrected chi connectivity index (χ3v) is 4.34. The minimum atomic E-state index is -0.583. The standard InChI is InChI=1S/C23H25N3O5/c1-4-29-20-11-8-18(14-21(20)30-5-2)25-22(27)15-31-23(28)17-6-9-19(10-7-17)26-16(3)12-13-24-26/h6-14H,4-5,15H2,1-3H3,(H,25,27). The molecule has 8 heteroatoms. The molecule has 1 heterocycles. The van der Waals surface area contributed by atoms with Gasteiger partial charge >= 0.3 is 5.97 Å². The van der Waals surface area contributed by atoms with Crippen LogP contribution in [0, 0.1) is 6.92 Å². The van der Waals surface area contributed by atoms with Crippen LogP contribution in [0.4, 0.5) is 5.69 Å². The fourth-order valence-corrected chi connectivity index (χ4v) is 2.92. The summed E-state index contributed by atoms with van der Waals surface area (Å²) < 4.78 is 17.9. The maximum Gasteiger partial charge on any atom is 0.338 e. The Kier molecular flexibility index (Phi) is 7.26. The molecule has 1 amide bonds. The van der Waals surface area contributed by atoms with Crippen molar-refractivity contribution in [3.63, 3.8) is 0 Å².